The minimum absolute atomic E-state index is 0.122. The Kier molecular flexibility index (Phi) is 3.04. The summed E-state index contributed by atoms with van der Waals surface area (Å²) in [5.74, 6) is 3.59. The fourth-order valence-corrected chi connectivity index (χ4v) is 0.938. The van der Waals surface area contributed by atoms with E-state index in [2.05, 4.69) is 16.1 Å². The highest BCUT2D eigenvalue weighted by Crippen LogP contribution is 2.01. The fourth-order valence-electron chi connectivity index (χ4n) is 0.938. The standard InChI is InChI=1S/C9H14N4/c1-5-8(2)12(3)6-9-11-10-7-13(9)4/h1,7-8H,6H2,2-4H3. The van der Waals surface area contributed by atoms with E-state index >= 15 is 0 Å². The molecule has 4 heteroatoms. The normalized spacial score (nSPS) is 12.8. The van der Waals surface area contributed by atoms with E-state index in [1.807, 2.05) is 30.5 Å². The summed E-state index contributed by atoms with van der Waals surface area (Å²) in [5, 5.41) is 7.77. The molecular weight excluding hydrogens is 164 g/mol. The third-order valence-corrected chi connectivity index (χ3v) is 2.10. The van der Waals surface area contributed by atoms with Crippen LogP contribution in [0.1, 0.15) is 12.7 Å². The van der Waals surface area contributed by atoms with Gasteiger partial charge in [-0.15, -0.1) is 16.6 Å². The van der Waals surface area contributed by atoms with E-state index in [1.54, 1.807) is 6.33 Å². The predicted molar refractivity (Wildman–Crippen MR) is 50.8 cm³/mol. The SMILES string of the molecule is C#CC(C)N(C)Cc1nncn1C. The van der Waals surface area contributed by atoms with Gasteiger partial charge in [-0.05, 0) is 14.0 Å². The Labute approximate surface area is 78.6 Å². The molecule has 13 heavy (non-hydrogen) atoms. The third-order valence-electron chi connectivity index (χ3n) is 2.10. The zero-order chi connectivity index (χ0) is 9.84. The summed E-state index contributed by atoms with van der Waals surface area (Å²) < 4.78 is 1.89. The highest BCUT2D eigenvalue weighted by Gasteiger charge is 2.09. The monoisotopic (exact) mass is 178 g/mol. The molecule has 0 aliphatic heterocycles. The molecule has 0 spiro atoms. The van der Waals surface area contributed by atoms with E-state index in [0.29, 0.717) is 0 Å². The average Bonchev–Trinajstić information content (AvgIpc) is 2.50. The van der Waals surface area contributed by atoms with Gasteiger partial charge >= 0.3 is 0 Å². The summed E-state index contributed by atoms with van der Waals surface area (Å²) in [6.07, 6.45) is 6.99. The Bertz CT molecular complexity index is 310. The number of rotatable bonds is 3. The van der Waals surface area contributed by atoms with Gasteiger partial charge in [0.2, 0.25) is 0 Å². The molecule has 1 aromatic rings. The predicted octanol–water partition coefficient (Wildman–Crippen LogP) is 0.269. The van der Waals surface area contributed by atoms with E-state index in [0.717, 1.165) is 12.4 Å². The third kappa shape index (κ3) is 2.30. The lowest BCUT2D eigenvalue weighted by Crippen LogP contribution is -2.28. The molecule has 1 aromatic heterocycles. The van der Waals surface area contributed by atoms with Gasteiger partial charge in [0.1, 0.15) is 12.2 Å². The Morgan fingerprint density at radius 2 is 2.46 bits per heavy atom. The van der Waals surface area contributed by atoms with Crippen molar-refractivity contribution in [1.82, 2.24) is 19.7 Å². The van der Waals surface area contributed by atoms with Crippen molar-refractivity contribution in [1.29, 1.82) is 0 Å². The molecule has 1 atom stereocenters. The van der Waals surface area contributed by atoms with E-state index in [1.165, 1.54) is 0 Å². The number of aryl methyl sites for hydroxylation is 1. The van der Waals surface area contributed by atoms with Crippen molar-refractivity contribution in [3.63, 3.8) is 0 Å². The maximum Gasteiger partial charge on any atom is 0.146 e. The zero-order valence-corrected chi connectivity index (χ0v) is 8.23. The molecule has 0 aliphatic carbocycles. The van der Waals surface area contributed by atoms with Crippen LogP contribution in [0, 0.1) is 12.3 Å². The summed E-state index contributed by atoms with van der Waals surface area (Å²) >= 11 is 0. The maximum absolute atomic E-state index is 5.31. The second-order valence-electron chi connectivity index (χ2n) is 3.12. The second-order valence-corrected chi connectivity index (χ2v) is 3.12. The number of hydrogen-bond acceptors (Lipinski definition) is 3. The topological polar surface area (TPSA) is 34.0 Å². The van der Waals surface area contributed by atoms with Crippen LogP contribution in [0.4, 0.5) is 0 Å². The largest absolute Gasteiger partial charge is 0.320 e. The Morgan fingerprint density at radius 3 is 2.92 bits per heavy atom. The number of terminal acetylenes is 1. The Morgan fingerprint density at radius 1 is 1.77 bits per heavy atom. The Hall–Kier alpha value is -1.34. The van der Waals surface area contributed by atoms with Gasteiger partial charge in [-0.25, -0.2) is 0 Å². The van der Waals surface area contributed by atoms with Crippen LogP contribution in [0.2, 0.25) is 0 Å². The van der Waals surface area contributed by atoms with Gasteiger partial charge in [0.25, 0.3) is 0 Å². The first-order valence-corrected chi connectivity index (χ1v) is 4.14. The first-order valence-electron chi connectivity index (χ1n) is 4.14. The molecule has 0 saturated carbocycles. The lowest BCUT2D eigenvalue weighted by molar-refractivity contribution is 0.285. The van der Waals surface area contributed by atoms with Gasteiger partial charge in [-0.1, -0.05) is 5.92 Å². The molecule has 1 unspecified atom stereocenters. The maximum atomic E-state index is 5.31. The lowest BCUT2D eigenvalue weighted by Gasteiger charge is -2.18. The molecule has 0 aromatic carbocycles. The molecular formula is C9H14N4. The number of hydrogen-bond donors (Lipinski definition) is 0. The van der Waals surface area contributed by atoms with E-state index < -0.39 is 0 Å². The van der Waals surface area contributed by atoms with Gasteiger partial charge in [-0.3, -0.25) is 4.90 Å². The first-order chi connectivity index (χ1) is 6.15. The highest BCUT2D eigenvalue weighted by atomic mass is 15.3. The van der Waals surface area contributed by atoms with Crippen LogP contribution < -0.4 is 0 Å². The first kappa shape index (κ1) is 9.75. The highest BCUT2D eigenvalue weighted by molar-refractivity contribution is 4.97. The number of aromatic nitrogens is 3. The molecule has 1 heterocycles. The molecule has 1 rings (SSSR count). The van der Waals surface area contributed by atoms with Crippen molar-refractivity contribution in [2.24, 2.45) is 7.05 Å². The molecule has 0 radical (unpaired) electrons. The molecule has 70 valence electrons. The summed E-state index contributed by atoms with van der Waals surface area (Å²) in [4.78, 5) is 2.05. The lowest BCUT2D eigenvalue weighted by atomic mass is 10.3. The van der Waals surface area contributed by atoms with E-state index in [4.69, 9.17) is 6.42 Å². The van der Waals surface area contributed by atoms with Crippen LogP contribution in [0.25, 0.3) is 0 Å². The van der Waals surface area contributed by atoms with Gasteiger partial charge < -0.3 is 4.57 Å². The van der Waals surface area contributed by atoms with Crippen molar-refractivity contribution in [3.8, 4) is 12.3 Å². The van der Waals surface area contributed by atoms with Gasteiger partial charge in [0.05, 0.1) is 12.6 Å². The summed E-state index contributed by atoms with van der Waals surface area (Å²) in [6.45, 7) is 2.71. The van der Waals surface area contributed by atoms with Gasteiger partial charge in [0.15, 0.2) is 0 Å². The number of nitrogens with zero attached hydrogens (tertiary/aromatic N) is 4. The van der Waals surface area contributed by atoms with Crippen LogP contribution in [0.15, 0.2) is 6.33 Å². The molecule has 0 amide bonds. The minimum Gasteiger partial charge on any atom is -0.320 e. The molecule has 0 N–H and O–H groups in total. The molecule has 0 saturated heterocycles. The van der Waals surface area contributed by atoms with Crippen LogP contribution in [0.3, 0.4) is 0 Å². The van der Waals surface area contributed by atoms with Crippen molar-refractivity contribution >= 4 is 0 Å². The van der Waals surface area contributed by atoms with E-state index in [-0.39, 0.29) is 6.04 Å². The summed E-state index contributed by atoms with van der Waals surface area (Å²) in [6, 6.07) is 0.122. The van der Waals surface area contributed by atoms with Crippen LogP contribution in [-0.2, 0) is 13.6 Å². The fraction of sp³-hybridized carbons (Fsp3) is 0.556. The Balaban J connectivity index is 2.60. The minimum atomic E-state index is 0.122. The zero-order valence-electron chi connectivity index (χ0n) is 8.23. The molecule has 0 fully saturated rings. The smallest absolute Gasteiger partial charge is 0.146 e. The van der Waals surface area contributed by atoms with Crippen molar-refractivity contribution in [3.05, 3.63) is 12.2 Å². The van der Waals surface area contributed by atoms with Crippen molar-refractivity contribution in [2.75, 3.05) is 7.05 Å². The van der Waals surface area contributed by atoms with Gasteiger partial charge in [-0.2, -0.15) is 0 Å². The quantitative estimate of drug-likeness (QED) is 0.623. The van der Waals surface area contributed by atoms with Crippen molar-refractivity contribution in [2.45, 2.75) is 19.5 Å². The van der Waals surface area contributed by atoms with Gasteiger partial charge in [0, 0.05) is 7.05 Å². The van der Waals surface area contributed by atoms with Crippen LogP contribution in [-0.4, -0.2) is 32.8 Å². The summed E-state index contributed by atoms with van der Waals surface area (Å²) in [7, 11) is 3.89. The van der Waals surface area contributed by atoms with E-state index in [9.17, 15) is 0 Å². The summed E-state index contributed by atoms with van der Waals surface area (Å²) in [5.41, 5.74) is 0. The van der Waals surface area contributed by atoms with Crippen LogP contribution in [0.5, 0.6) is 0 Å². The average molecular weight is 178 g/mol. The van der Waals surface area contributed by atoms with Crippen molar-refractivity contribution < 1.29 is 0 Å². The second kappa shape index (κ2) is 4.06. The molecule has 4 nitrogen and oxygen atoms in total. The molecule has 0 bridgehead atoms. The molecule has 0 aliphatic rings. The van der Waals surface area contributed by atoms with Crippen LogP contribution >= 0.6 is 0 Å².